The number of sulfonamides is 1. The van der Waals surface area contributed by atoms with Crippen molar-refractivity contribution in [2.24, 2.45) is 5.92 Å². The molecule has 1 aliphatic heterocycles. The number of ether oxygens (including phenoxy) is 1. The molecule has 3 rings (SSSR count). The molecule has 1 aromatic carbocycles. The summed E-state index contributed by atoms with van der Waals surface area (Å²) in [7, 11) is -2.00. The molecular weight excluding hydrogens is 438 g/mol. The predicted molar refractivity (Wildman–Crippen MR) is 120 cm³/mol. The highest BCUT2D eigenvalue weighted by Gasteiger charge is 2.34. The van der Waals surface area contributed by atoms with Crippen molar-refractivity contribution in [1.82, 2.24) is 9.62 Å². The van der Waals surface area contributed by atoms with Crippen molar-refractivity contribution in [3.63, 3.8) is 0 Å². The Morgan fingerprint density at radius 1 is 1.23 bits per heavy atom. The van der Waals surface area contributed by atoms with Crippen molar-refractivity contribution >= 4 is 38.9 Å². The Morgan fingerprint density at radius 3 is 2.77 bits per heavy atom. The SMILES string of the molecule is COCCCNC(=O)c1ccccc1NC(=O)[C@H]1CCCN(S(=O)(=O)c2cccs2)C1. The molecule has 168 valence electrons. The lowest BCUT2D eigenvalue weighted by molar-refractivity contribution is -0.120. The number of anilines is 1. The number of methoxy groups -OCH3 is 1. The van der Waals surface area contributed by atoms with Crippen LogP contribution in [0.2, 0.25) is 0 Å². The molecule has 0 bridgehead atoms. The zero-order chi connectivity index (χ0) is 22.3. The minimum Gasteiger partial charge on any atom is -0.385 e. The van der Waals surface area contributed by atoms with Crippen LogP contribution in [0.25, 0.3) is 0 Å². The van der Waals surface area contributed by atoms with Crippen LogP contribution in [0.5, 0.6) is 0 Å². The number of carbonyl (C=O) groups is 2. The zero-order valence-electron chi connectivity index (χ0n) is 17.4. The van der Waals surface area contributed by atoms with Gasteiger partial charge in [-0.1, -0.05) is 18.2 Å². The van der Waals surface area contributed by atoms with Crippen LogP contribution >= 0.6 is 11.3 Å². The van der Waals surface area contributed by atoms with Gasteiger partial charge in [-0.3, -0.25) is 9.59 Å². The van der Waals surface area contributed by atoms with Crippen molar-refractivity contribution in [2.45, 2.75) is 23.5 Å². The molecule has 8 nitrogen and oxygen atoms in total. The van der Waals surface area contributed by atoms with E-state index >= 15 is 0 Å². The van der Waals surface area contributed by atoms with Gasteiger partial charge in [0.1, 0.15) is 4.21 Å². The van der Waals surface area contributed by atoms with Gasteiger partial charge in [0.25, 0.3) is 15.9 Å². The lowest BCUT2D eigenvalue weighted by Gasteiger charge is -2.30. The van der Waals surface area contributed by atoms with Gasteiger partial charge in [0.15, 0.2) is 0 Å². The zero-order valence-corrected chi connectivity index (χ0v) is 19.0. The number of nitrogens with one attached hydrogen (secondary N) is 2. The van der Waals surface area contributed by atoms with Gasteiger partial charge in [-0.05, 0) is 42.8 Å². The van der Waals surface area contributed by atoms with E-state index in [1.54, 1.807) is 48.9 Å². The molecule has 1 aromatic heterocycles. The van der Waals surface area contributed by atoms with E-state index in [1.165, 1.54) is 15.6 Å². The number of benzene rings is 1. The average Bonchev–Trinajstić information content (AvgIpc) is 3.33. The molecule has 2 amide bonds. The minimum atomic E-state index is -3.60. The molecule has 2 heterocycles. The third kappa shape index (κ3) is 5.91. The summed E-state index contributed by atoms with van der Waals surface area (Å²) in [5.41, 5.74) is 0.780. The van der Waals surface area contributed by atoms with Gasteiger partial charge < -0.3 is 15.4 Å². The van der Waals surface area contributed by atoms with E-state index in [0.717, 1.165) is 0 Å². The molecule has 1 aliphatic rings. The van der Waals surface area contributed by atoms with Crippen LogP contribution in [0.15, 0.2) is 46.0 Å². The molecule has 0 aliphatic carbocycles. The number of carbonyl (C=O) groups excluding carboxylic acids is 2. The van der Waals surface area contributed by atoms with Gasteiger partial charge in [-0.15, -0.1) is 11.3 Å². The van der Waals surface area contributed by atoms with E-state index in [-0.39, 0.29) is 22.6 Å². The molecular formula is C21H27N3O5S2. The lowest BCUT2D eigenvalue weighted by Crippen LogP contribution is -2.43. The topological polar surface area (TPSA) is 105 Å². The maximum Gasteiger partial charge on any atom is 0.253 e. The molecule has 0 spiro atoms. The summed E-state index contributed by atoms with van der Waals surface area (Å²) in [6, 6.07) is 10.1. The average molecular weight is 466 g/mol. The highest BCUT2D eigenvalue weighted by atomic mass is 32.2. The Hall–Kier alpha value is -2.27. The number of rotatable bonds is 9. The molecule has 0 unspecified atom stereocenters. The van der Waals surface area contributed by atoms with Gasteiger partial charge in [0, 0.05) is 33.4 Å². The lowest BCUT2D eigenvalue weighted by atomic mass is 9.98. The fourth-order valence-corrected chi connectivity index (χ4v) is 6.12. The van der Waals surface area contributed by atoms with Gasteiger partial charge in [0.2, 0.25) is 5.91 Å². The Labute approximate surface area is 186 Å². The normalized spacial score (nSPS) is 17.3. The van der Waals surface area contributed by atoms with Crippen LogP contribution in [0.4, 0.5) is 5.69 Å². The molecule has 2 N–H and O–H groups in total. The van der Waals surface area contributed by atoms with Crippen LogP contribution in [0, 0.1) is 5.92 Å². The monoisotopic (exact) mass is 465 g/mol. The van der Waals surface area contributed by atoms with E-state index < -0.39 is 15.9 Å². The fourth-order valence-electron chi connectivity index (χ4n) is 3.45. The number of nitrogens with zero attached hydrogens (tertiary/aromatic N) is 1. The smallest absolute Gasteiger partial charge is 0.253 e. The molecule has 0 saturated carbocycles. The molecule has 10 heteroatoms. The second kappa shape index (κ2) is 10.9. The Kier molecular flexibility index (Phi) is 8.19. The summed E-state index contributed by atoms with van der Waals surface area (Å²) in [4.78, 5) is 25.4. The highest BCUT2D eigenvalue weighted by molar-refractivity contribution is 7.91. The maximum atomic E-state index is 12.9. The highest BCUT2D eigenvalue weighted by Crippen LogP contribution is 2.27. The number of hydrogen-bond donors (Lipinski definition) is 2. The van der Waals surface area contributed by atoms with Crippen molar-refractivity contribution < 1.29 is 22.7 Å². The summed E-state index contributed by atoms with van der Waals surface area (Å²) in [5, 5.41) is 7.36. The number of hydrogen-bond acceptors (Lipinski definition) is 6. The van der Waals surface area contributed by atoms with E-state index in [0.29, 0.717) is 50.2 Å². The van der Waals surface area contributed by atoms with Crippen LogP contribution in [-0.2, 0) is 19.6 Å². The third-order valence-corrected chi connectivity index (χ3v) is 8.32. The third-order valence-electron chi connectivity index (χ3n) is 5.08. The molecule has 1 atom stereocenters. The van der Waals surface area contributed by atoms with Crippen molar-refractivity contribution in [2.75, 3.05) is 38.7 Å². The predicted octanol–water partition coefficient (Wildman–Crippen LogP) is 2.55. The fraction of sp³-hybridized carbons (Fsp3) is 0.429. The number of amides is 2. The van der Waals surface area contributed by atoms with E-state index in [9.17, 15) is 18.0 Å². The van der Waals surface area contributed by atoms with Gasteiger partial charge in [-0.25, -0.2) is 8.42 Å². The summed E-state index contributed by atoms with van der Waals surface area (Å²) in [5.74, 6) is -1.05. The second-order valence-corrected chi connectivity index (χ2v) is 10.4. The standard InChI is InChI=1S/C21H27N3O5S2/c1-29-13-6-11-22-21(26)17-8-2-3-9-18(17)23-20(25)16-7-4-12-24(15-16)31(27,28)19-10-5-14-30-19/h2-3,5,8-10,14,16H,4,6-7,11-13,15H2,1H3,(H,22,26)(H,23,25)/t16-/m0/s1. The maximum absolute atomic E-state index is 12.9. The first-order valence-electron chi connectivity index (χ1n) is 10.1. The summed E-state index contributed by atoms with van der Waals surface area (Å²) >= 11 is 1.17. The van der Waals surface area contributed by atoms with Crippen molar-refractivity contribution in [3.05, 3.63) is 47.3 Å². The van der Waals surface area contributed by atoms with Crippen LogP contribution in [-0.4, -0.2) is 57.9 Å². The first kappa shape index (κ1) is 23.4. The van der Waals surface area contributed by atoms with Gasteiger partial charge in [-0.2, -0.15) is 4.31 Å². The van der Waals surface area contributed by atoms with Gasteiger partial charge >= 0.3 is 0 Å². The Bertz CT molecular complexity index is 992. The number of thiophene rings is 1. The molecule has 1 saturated heterocycles. The number of piperidine rings is 1. The van der Waals surface area contributed by atoms with Crippen LogP contribution < -0.4 is 10.6 Å². The summed E-state index contributed by atoms with van der Waals surface area (Å²) in [6.45, 7) is 1.53. The summed E-state index contributed by atoms with van der Waals surface area (Å²) < 4.78 is 32.2. The Balaban J connectivity index is 1.66. The van der Waals surface area contributed by atoms with Crippen molar-refractivity contribution in [3.8, 4) is 0 Å². The van der Waals surface area contributed by atoms with Gasteiger partial charge in [0.05, 0.1) is 17.2 Å². The van der Waals surface area contributed by atoms with E-state index in [2.05, 4.69) is 10.6 Å². The number of para-hydroxylation sites is 1. The van der Waals surface area contributed by atoms with Crippen LogP contribution in [0.1, 0.15) is 29.6 Å². The quantitative estimate of drug-likeness (QED) is 0.554. The minimum absolute atomic E-state index is 0.122. The first-order chi connectivity index (χ1) is 14.9. The first-order valence-corrected chi connectivity index (χ1v) is 12.5. The molecule has 0 radical (unpaired) electrons. The molecule has 31 heavy (non-hydrogen) atoms. The summed E-state index contributed by atoms with van der Waals surface area (Å²) in [6.07, 6.45) is 1.88. The largest absolute Gasteiger partial charge is 0.385 e. The van der Waals surface area contributed by atoms with Crippen LogP contribution in [0.3, 0.4) is 0 Å². The molecule has 2 aromatic rings. The molecule has 1 fully saturated rings. The van der Waals surface area contributed by atoms with Crippen molar-refractivity contribution in [1.29, 1.82) is 0 Å². The Morgan fingerprint density at radius 2 is 2.03 bits per heavy atom. The van der Waals surface area contributed by atoms with E-state index in [1.807, 2.05) is 0 Å². The second-order valence-electron chi connectivity index (χ2n) is 7.27. The van der Waals surface area contributed by atoms with E-state index in [4.69, 9.17) is 4.74 Å².